The number of ether oxygens (including phenoxy) is 1. The number of phenolic OH excluding ortho intramolecular Hbond substituents is 1. The number of nitrogens with one attached hydrogen (secondary N) is 1. The van der Waals surface area contributed by atoms with E-state index in [0.29, 0.717) is 25.0 Å². The maximum Gasteiger partial charge on any atom is 0.251 e. The van der Waals surface area contributed by atoms with Crippen molar-refractivity contribution >= 4 is 5.91 Å². The number of hydrogen-bond donors (Lipinski definition) is 3. The van der Waals surface area contributed by atoms with Gasteiger partial charge < -0.3 is 20.3 Å². The molecule has 0 aliphatic heterocycles. The topological polar surface area (TPSA) is 78.8 Å². The Morgan fingerprint density at radius 1 is 1.08 bits per heavy atom. The van der Waals surface area contributed by atoms with Crippen molar-refractivity contribution in [3.05, 3.63) is 65.7 Å². The Balaban J connectivity index is 1.42. The predicted octanol–water partition coefficient (Wildman–Crippen LogP) is 3.01. The third kappa shape index (κ3) is 5.07. The van der Waals surface area contributed by atoms with Crippen molar-refractivity contribution in [2.24, 2.45) is 0 Å². The second-order valence-corrected chi connectivity index (χ2v) is 6.95. The molecule has 0 bridgehead atoms. The van der Waals surface area contributed by atoms with Gasteiger partial charge in [-0.3, -0.25) is 4.79 Å². The van der Waals surface area contributed by atoms with Crippen LogP contribution in [-0.2, 0) is 11.3 Å². The van der Waals surface area contributed by atoms with Gasteiger partial charge in [0.25, 0.3) is 5.91 Å². The molecule has 0 heterocycles. The molecule has 5 heteroatoms. The summed E-state index contributed by atoms with van der Waals surface area (Å²) in [7, 11) is 0. The lowest BCUT2D eigenvalue weighted by Gasteiger charge is -2.36. The molecular weight excluding hydrogens is 330 g/mol. The van der Waals surface area contributed by atoms with Gasteiger partial charge in [0, 0.05) is 12.1 Å². The molecule has 2 aromatic rings. The van der Waals surface area contributed by atoms with Crippen molar-refractivity contribution in [3.63, 3.8) is 0 Å². The fourth-order valence-electron chi connectivity index (χ4n) is 3.22. The standard InChI is InChI=1S/C21H25NO4/c23-18-8-6-17(7-9-18)20(24)22-15-21(25)12-10-19(11-13-21)26-14-16-4-2-1-3-5-16/h1-9,19,23,25H,10-15H2,(H,22,24). The Bertz CT molecular complexity index is 707. The van der Waals surface area contributed by atoms with Gasteiger partial charge in [0.05, 0.1) is 18.3 Å². The number of carbonyl (C=O) groups excluding carboxylic acids is 1. The van der Waals surface area contributed by atoms with Crippen LogP contribution in [0.2, 0.25) is 0 Å². The predicted molar refractivity (Wildman–Crippen MR) is 98.9 cm³/mol. The van der Waals surface area contributed by atoms with E-state index in [2.05, 4.69) is 5.32 Å². The second kappa shape index (κ2) is 8.34. The fourth-order valence-corrected chi connectivity index (χ4v) is 3.22. The van der Waals surface area contributed by atoms with E-state index in [1.807, 2.05) is 30.3 Å². The lowest BCUT2D eigenvalue weighted by molar-refractivity contribution is -0.0582. The van der Waals surface area contributed by atoms with Gasteiger partial charge in [0.1, 0.15) is 5.75 Å². The summed E-state index contributed by atoms with van der Waals surface area (Å²) in [5.74, 6) is -0.130. The van der Waals surface area contributed by atoms with Crippen LogP contribution in [0.4, 0.5) is 0 Å². The van der Waals surface area contributed by atoms with E-state index in [-0.39, 0.29) is 24.3 Å². The first-order chi connectivity index (χ1) is 12.5. The zero-order valence-corrected chi connectivity index (χ0v) is 14.7. The van der Waals surface area contributed by atoms with E-state index in [4.69, 9.17) is 4.74 Å². The van der Waals surface area contributed by atoms with E-state index in [1.54, 1.807) is 12.1 Å². The smallest absolute Gasteiger partial charge is 0.251 e. The highest BCUT2D eigenvalue weighted by atomic mass is 16.5. The van der Waals surface area contributed by atoms with E-state index in [0.717, 1.165) is 18.4 Å². The molecule has 0 unspecified atom stereocenters. The molecule has 3 N–H and O–H groups in total. The molecule has 0 atom stereocenters. The SMILES string of the molecule is O=C(NCC1(O)CCC(OCc2ccccc2)CC1)c1ccc(O)cc1. The quantitative estimate of drug-likeness (QED) is 0.744. The zero-order chi connectivity index (χ0) is 18.4. The largest absolute Gasteiger partial charge is 0.508 e. The minimum Gasteiger partial charge on any atom is -0.508 e. The summed E-state index contributed by atoms with van der Waals surface area (Å²) in [4.78, 5) is 12.1. The number of hydrogen-bond acceptors (Lipinski definition) is 4. The Morgan fingerprint density at radius 2 is 1.73 bits per heavy atom. The normalized spacial score (nSPS) is 22.7. The summed E-state index contributed by atoms with van der Waals surface area (Å²) in [6.45, 7) is 0.805. The van der Waals surface area contributed by atoms with Crippen molar-refractivity contribution < 1.29 is 19.7 Å². The molecule has 0 radical (unpaired) electrons. The molecule has 1 fully saturated rings. The molecule has 1 amide bonds. The molecule has 1 aliphatic carbocycles. The summed E-state index contributed by atoms with van der Waals surface area (Å²) in [6, 6.07) is 16.1. The zero-order valence-electron chi connectivity index (χ0n) is 14.7. The summed E-state index contributed by atoms with van der Waals surface area (Å²) in [5.41, 5.74) is 0.722. The van der Waals surface area contributed by atoms with Crippen LogP contribution in [0.3, 0.4) is 0 Å². The van der Waals surface area contributed by atoms with Gasteiger partial charge >= 0.3 is 0 Å². The molecule has 0 aromatic heterocycles. The van der Waals surface area contributed by atoms with Gasteiger partial charge in [-0.15, -0.1) is 0 Å². The highest BCUT2D eigenvalue weighted by Crippen LogP contribution is 2.30. The molecule has 2 aromatic carbocycles. The Hall–Kier alpha value is -2.37. The molecule has 138 valence electrons. The number of amides is 1. The first-order valence-electron chi connectivity index (χ1n) is 8.99. The Kier molecular flexibility index (Phi) is 5.91. The lowest BCUT2D eigenvalue weighted by Crippen LogP contribution is -2.46. The van der Waals surface area contributed by atoms with E-state index in [9.17, 15) is 15.0 Å². The summed E-state index contributed by atoms with van der Waals surface area (Å²) in [5, 5.41) is 22.8. The highest BCUT2D eigenvalue weighted by molar-refractivity contribution is 5.94. The van der Waals surface area contributed by atoms with Crippen LogP contribution in [0, 0.1) is 0 Å². The summed E-state index contributed by atoms with van der Waals surface area (Å²) >= 11 is 0. The number of carbonyl (C=O) groups is 1. The molecule has 1 saturated carbocycles. The highest BCUT2D eigenvalue weighted by Gasteiger charge is 2.34. The lowest BCUT2D eigenvalue weighted by atomic mass is 9.83. The maximum atomic E-state index is 12.1. The Labute approximate surface area is 153 Å². The number of aromatic hydroxyl groups is 1. The molecule has 1 aliphatic rings. The van der Waals surface area contributed by atoms with Gasteiger partial charge in [-0.2, -0.15) is 0 Å². The third-order valence-electron chi connectivity index (χ3n) is 4.90. The summed E-state index contributed by atoms with van der Waals surface area (Å²) in [6.07, 6.45) is 2.89. The van der Waals surface area contributed by atoms with Crippen LogP contribution in [0.25, 0.3) is 0 Å². The Morgan fingerprint density at radius 3 is 2.38 bits per heavy atom. The molecule has 3 rings (SSSR count). The van der Waals surface area contributed by atoms with Gasteiger partial charge in [-0.1, -0.05) is 30.3 Å². The summed E-state index contributed by atoms with van der Waals surface area (Å²) < 4.78 is 5.95. The van der Waals surface area contributed by atoms with Gasteiger partial charge in [0.15, 0.2) is 0 Å². The van der Waals surface area contributed by atoms with E-state index in [1.165, 1.54) is 12.1 Å². The minimum atomic E-state index is -0.890. The van der Waals surface area contributed by atoms with Crippen LogP contribution in [0.5, 0.6) is 5.75 Å². The van der Waals surface area contributed by atoms with Crippen LogP contribution in [0.15, 0.2) is 54.6 Å². The molecule has 26 heavy (non-hydrogen) atoms. The number of aliphatic hydroxyl groups is 1. The molecule has 0 spiro atoms. The average molecular weight is 355 g/mol. The number of rotatable bonds is 6. The number of phenols is 1. The van der Waals surface area contributed by atoms with Crippen LogP contribution in [-0.4, -0.2) is 34.4 Å². The fraction of sp³-hybridized carbons (Fsp3) is 0.381. The van der Waals surface area contributed by atoms with Crippen LogP contribution >= 0.6 is 0 Å². The first-order valence-corrected chi connectivity index (χ1v) is 8.99. The number of benzene rings is 2. The monoisotopic (exact) mass is 355 g/mol. The average Bonchev–Trinajstić information content (AvgIpc) is 2.67. The van der Waals surface area contributed by atoms with E-state index >= 15 is 0 Å². The van der Waals surface area contributed by atoms with Crippen molar-refractivity contribution in [1.29, 1.82) is 0 Å². The second-order valence-electron chi connectivity index (χ2n) is 6.95. The molecule has 0 saturated heterocycles. The van der Waals surface area contributed by atoms with E-state index < -0.39 is 5.60 Å². The maximum absolute atomic E-state index is 12.1. The van der Waals surface area contributed by atoms with Crippen LogP contribution in [0.1, 0.15) is 41.6 Å². The van der Waals surface area contributed by atoms with Crippen molar-refractivity contribution in [2.45, 2.75) is 44.0 Å². The van der Waals surface area contributed by atoms with Gasteiger partial charge in [0.2, 0.25) is 0 Å². The molecular formula is C21H25NO4. The minimum absolute atomic E-state index is 0.119. The first kappa shape index (κ1) is 18.4. The third-order valence-corrected chi connectivity index (χ3v) is 4.90. The van der Waals surface area contributed by atoms with Crippen molar-refractivity contribution in [2.75, 3.05) is 6.54 Å². The van der Waals surface area contributed by atoms with Gasteiger partial charge in [-0.05, 0) is 55.5 Å². The van der Waals surface area contributed by atoms with Crippen LogP contribution < -0.4 is 5.32 Å². The van der Waals surface area contributed by atoms with Crippen molar-refractivity contribution in [3.8, 4) is 5.75 Å². The van der Waals surface area contributed by atoms with Crippen molar-refractivity contribution in [1.82, 2.24) is 5.32 Å². The molecule has 5 nitrogen and oxygen atoms in total. The van der Waals surface area contributed by atoms with Gasteiger partial charge in [-0.25, -0.2) is 0 Å².